The van der Waals surface area contributed by atoms with Crippen LogP contribution < -0.4 is 0 Å². The van der Waals surface area contributed by atoms with Crippen LogP contribution in [-0.2, 0) is 4.79 Å². The molecular weight excluding hydrogens is 180 g/mol. The minimum absolute atomic E-state index is 0.163. The Bertz CT molecular complexity index is 290. The molecular formula is C11H12OS. The van der Waals surface area contributed by atoms with Crippen LogP contribution in [0.15, 0.2) is 47.4 Å². The monoisotopic (exact) mass is 192 g/mol. The van der Waals surface area contributed by atoms with Crippen LogP contribution in [0.3, 0.4) is 0 Å². The molecule has 0 saturated carbocycles. The van der Waals surface area contributed by atoms with E-state index in [1.54, 1.807) is 23.9 Å². The third-order valence-electron chi connectivity index (χ3n) is 1.48. The summed E-state index contributed by atoms with van der Waals surface area (Å²) in [6, 6.07) is 9.93. The van der Waals surface area contributed by atoms with Gasteiger partial charge in [0.15, 0.2) is 5.78 Å². The Kier molecular flexibility index (Phi) is 4.33. The highest BCUT2D eigenvalue weighted by Crippen LogP contribution is 2.16. The summed E-state index contributed by atoms with van der Waals surface area (Å²) in [5, 5.41) is 0. The summed E-state index contributed by atoms with van der Waals surface area (Å²) >= 11 is 1.57. The van der Waals surface area contributed by atoms with Crippen molar-refractivity contribution < 1.29 is 4.79 Å². The second-order valence-corrected chi connectivity index (χ2v) is 3.62. The third-order valence-corrected chi connectivity index (χ3v) is 2.51. The highest BCUT2D eigenvalue weighted by atomic mass is 32.2. The molecule has 0 bridgehead atoms. The van der Waals surface area contributed by atoms with Crippen molar-refractivity contribution in [3.63, 3.8) is 0 Å². The van der Waals surface area contributed by atoms with E-state index in [0.717, 1.165) is 4.90 Å². The molecule has 0 saturated heterocycles. The van der Waals surface area contributed by atoms with Gasteiger partial charge >= 0.3 is 0 Å². The summed E-state index contributed by atoms with van der Waals surface area (Å²) in [5.74, 6) is 0.685. The lowest BCUT2D eigenvalue weighted by Crippen LogP contribution is -1.95. The summed E-state index contributed by atoms with van der Waals surface area (Å²) in [4.78, 5) is 12.2. The molecule has 1 aromatic rings. The average Bonchev–Trinajstić information content (AvgIpc) is 2.17. The Labute approximate surface area is 82.9 Å². The summed E-state index contributed by atoms with van der Waals surface area (Å²) in [5.41, 5.74) is 0. The number of carbonyl (C=O) groups is 1. The van der Waals surface area contributed by atoms with Crippen molar-refractivity contribution in [3.8, 4) is 0 Å². The number of thioether (sulfide) groups is 1. The van der Waals surface area contributed by atoms with Crippen molar-refractivity contribution in [1.29, 1.82) is 0 Å². The molecule has 0 amide bonds. The first kappa shape index (κ1) is 10.1. The third kappa shape index (κ3) is 3.95. The van der Waals surface area contributed by atoms with Crippen molar-refractivity contribution in [3.05, 3.63) is 42.5 Å². The minimum atomic E-state index is 0.163. The zero-order valence-electron chi connectivity index (χ0n) is 7.57. The first-order valence-electron chi connectivity index (χ1n) is 4.16. The standard InChI is InChI=1S/C11H12OS/c1-2-6-10(12)9-13-11-7-4-3-5-8-11/h2-8H,9H2,1H3. The van der Waals surface area contributed by atoms with Crippen LogP contribution >= 0.6 is 11.8 Å². The zero-order valence-corrected chi connectivity index (χ0v) is 8.38. The fraction of sp³-hybridized carbons (Fsp3) is 0.182. The van der Waals surface area contributed by atoms with E-state index in [9.17, 15) is 4.79 Å². The van der Waals surface area contributed by atoms with Gasteiger partial charge in [-0.2, -0.15) is 0 Å². The normalized spacial score (nSPS) is 10.5. The predicted molar refractivity (Wildman–Crippen MR) is 57.0 cm³/mol. The van der Waals surface area contributed by atoms with E-state index >= 15 is 0 Å². The van der Waals surface area contributed by atoms with Crippen LogP contribution in [0.5, 0.6) is 0 Å². The molecule has 13 heavy (non-hydrogen) atoms. The predicted octanol–water partition coefficient (Wildman–Crippen LogP) is 2.92. The van der Waals surface area contributed by atoms with E-state index in [1.807, 2.05) is 37.3 Å². The number of ketones is 1. The molecule has 0 spiro atoms. The van der Waals surface area contributed by atoms with Gasteiger partial charge in [0.25, 0.3) is 0 Å². The van der Waals surface area contributed by atoms with E-state index in [2.05, 4.69) is 0 Å². The number of allylic oxidation sites excluding steroid dienone is 2. The van der Waals surface area contributed by atoms with E-state index in [-0.39, 0.29) is 5.78 Å². The number of hydrogen-bond acceptors (Lipinski definition) is 2. The van der Waals surface area contributed by atoms with Crippen LogP contribution in [0.1, 0.15) is 6.92 Å². The molecule has 2 heteroatoms. The number of rotatable bonds is 4. The SMILES string of the molecule is CC=CC(=O)CSc1ccccc1. The van der Waals surface area contributed by atoms with Crippen molar-refractivity contribution in [2.24, 2.45) is 0 Å². The molecule has 0 aliphatic heterocycles. The highest BCUT2D eigenvalue weighted by Gasteiger charge is 1.97. The van der Waals surface area contributed by atoms with Gasteiger partial charge in [-0.1, -0.05) is 24.3 Å². The van der Waals surface area contributed by atoms with Crippen LogP contribution in [0, 0.1) is 0 Å². The van der Waals surface area contributed by atoms with E-state index in [4.69, 9.17) is 0 Å². The Morgan fingerprint density at radius 1 is 1.38 bits per heavy atom. The molecule has 0 N–H and O–H groups in total. The Balaban J connectivity index is 2.40. The van der Waals surface area contributed by atoms with Crippen molar-refractivity contribution in [2.75, 3.05) is 5.75 Å². The van der Waals surface area contributed by atoms with Crippen molar-refractivity contribution >= 4 is 17.5 Å². The van der Waals surface area contributed by atoms with Gasteiger partial charge in [-0.15, -0.1) is 11.8 Å². The molecule has 1 nitrogen and oxygen atoms in total. The van der Waals surface area contributed by atoms with Gasteiger partial charge in [-0.25, -0.2) is 0 Å². The number of hydrogen-bond donors (Lipinski definition) is 0. The fourth-order valence-corrected chi connectivity index (χ4v) is 1.66. The van der Waals surface area contributed by atoms with Gasteiger partial charge in [-0.05, 0) is 25.1 Å². The molecule has 0 aliphatic carbocycles. The topological polar surface area (TPSA) is 17.1 Å². The van der Waals surface area contributed by atoms with Gasteiger partial charge in [0.05, 0.1) is 5.75 Å². The summed E-state index contributed by atoms with van der Waals surface area (Å²) < 4.78 is 0. The fourth-order valence-electron chi connectivity index (χ4n) is 0.905. The van der Waals surface area contributed by atoms with Crippen LogP contribution in [0.2, 0.25) is 0 Å². The first-order valence-corrected chi connectivity index (χ1v) is 5.15. The van der Waals surface area contributed by atoms with Crippen LogP contribution in [0.25, 0.3) is 0 Å². The molecule has 68 valence electrons. The Morgan fingerprint density at radius 2 is 2.08 bits per heavy atom. The summed E-state index contributed by atoms with van der Waals surface area (Å²) in [7, 11) is 0. The van der Waals surface area contributed by atoms with Crippen molar-refractivity contribution in [1.82, 2.24) is 0 Å². The average molecular weight is 192 g/mol. The summed E-state index contributed by atoms with van der Waals surface area (Å²) in [6.07, 6.45) is 3.38. The highest BCUT2D eigenvalue weighted by molar-refractivity contribution is 8.00. The molecule has 0 heterocycles. The maximum Gasteiger partial charge on any atom is 0.165 e. The Hall–Kier alpha value is -1.02. The molecule has 0 unspecified atom stereocenters. The smallest absolute Gasteiger partial charge is 0.165 e. The first-order chi connectivity index (χ1) is 6.33. The quantitative estimate of drug-likeness (QED) is 0.539. The second kappa shape index (κ2) is 5.60. The molecule has 1 aromatic carbocycles. The molecule has 1 rings (SSSR count). The van der Waals surface area contributed by atoms with Gasteiger partial charge in [-0.3, -0.25) is 4.79 Å². The second-order valence-electron chi connectivity index (χ2n) is 2.57. The van der Waals surface area contributed by atoms with Gasteiger partial charge in [0.2, 0.25) is 0 Å². The lowest BCUT2D eigenvalue weighted by Gasteiger charge is -1.96. The lowest BCUT2D eigenvalue weighted by atomic mass is 10.4. The number of benzene rings is 1. The lowest BCUT2D eigenvalue weighted by molar-refractivity contribution is -0.112. The number of carbonyl (C=O) groups excluding carboxylic acids is 1. The van der Waals surface area contributed by atoms with Gasteiger partial charge in [0, 0.05) is 4.90 Å². The van der Waals surface area contributed by atoms with Gasteiger partial charge in [0.1, 0.15) is 0 Å². The molecule has 0 aromatic heterocycles. The van der Waals surface area contributed by atoms with Crippen molar-refractivity contribution in [2.45, 2.75) is 11.8 Å². The minimum Gasteiger partial charge on any atom is -0.294 e. The maximum absolute atomic E-state index is 11.1. The van der Waals surface area contributed by atoms with E-state index in [0.29, 0.717) is 5.75 Å². The Morgan fingerprint density at radius 3 is 2.69 bits per heavy atom. The van der Waals surface area contributed by atoms with E-state index in [1.165, 1.54) is 0 Å². The molecule has 0 atom stereocenters. The maximum atomic E-state index is 11.1. The summed E-state index contributed by atoms with van der Waals surface area (Å²) in [6.45, 7) is 1.85. The molecule has 0 aliphatic rings. The molecule has 0 radical (unpaired) electrons. The molecule has 0 fully saturated rings. The largest absolute Gasteiger partial charge is 0.294 e. The van der Waals surface area contributed by atoms with E-state index < -0.39 is 0 Å². The van der Waals surface area contributed by atoms with Crippen LogP contribution in [-0.4, -0.2) is 11.5 Å². The van der Waals surface area contributed by atoms with Gasteiger partial charge < -0.3 is 0 Å². The van der Waals surface area contributed by atoms with Crippen LogP contribution in [0.4, 0.5) is 0 Å². The zero-order chi connectivity index (χ0) is 9.52.